The van der Waals surface area contributed by atoms with Crippen LogP contribution < -0.4 is 16.0 Å². The first-order chi connectivity index (χ1) is 9.29. The van der Waals surface area contributed by atoms with Crippen molar-refractivity contribution in [3.63, 3.8) is 0 Å². The number of benzene rings is 2. The first-order valence-electron chi connectivity index (χ1n) is 6.19. The Balaban J connectivity index is 1.87. The van der Waals surface area contributed by atoms with Crippen LogP contribution >= 0.6 is 0 Å². The van der Waals surface area contributed by atoms with Gasteiger partial charge in [0.15, 0.2) is 0 Å². The quantitative estimate of drug-likeness (QED) is 0.620. The summed E-state index contributed by atoms with van der Waals surface area (Å²) in [4.78, 5) is 0. The van der Waals surface area contributed by atoms with Crippen LogP contribution in [0.15, 0.2) is 54.6 Å². The molecule has 0 saturated heterocycles. The summed E-state index contributed by atoms with van der Waals surface area (Å²) in [5.74, 6) is 6.10. The molecule has 0 aromatic heterocycles. The normalized spacial score (nSPS) is 12.1. The van der Waals surface area contributed by atoms with Gasteiger partial charge < -0.3 is 4.74 Å². The second-order valence-corrected chi connectivity index (χ2v) is 4.22. The molecular weight excluding hydrogens is 243 g/mol. The maximum Gasteiger partial charge on any atom is 0.123 e. The number of para-hydroxylation sites is 1. The first kappa shape index (κ1) is 13.5. The fourth-order valence-corrected chi connectivity index (χ4v) is 1.85. The van der Waals surface area contributed by atoms with Crippen LogP contribution in [0.25, 0.3) is 0 Å². The molecule has 2 aromatic carbocycles. The fourth-order valence-electron chi connectivity index (χ4n) is 1.85. The fraction of sp³-hybridized carbons (Fsp3) is 0.200. The summed E-state index contributed by atoms with van der Waals surface area (Å²) in [5.41, 5.74) is 3.67. The summed E-state index contributed by atoms with van der Waals surface area (Å²) in [6.45, 7) is 0.538. The molecule has 4 heteroatoms. The Bertz CT molecular complexity index is 487. The molecule has 0 amide bonds. The Morgan fingerprint density at radius 2 is 1.74 bits per heavy atom. The van der Waals surface area contributed by atoms with E-state index in [1.165, 1.54) is 12.1 Å². The Kier molecular flexibility index (Phi) is 4.89. The van der Waals surface area contributed by atoms with Gasteiger partial charge in [0, 0.05) is 12.5 Å². The molecule has 3 nitrogen and oxygen atoms in total. The molecule has 100 valence electrons. The molecule has 1 unspecified atom stereocenters. The van der Waals surface area contributed by atoms with Crippen LogP contribution in [0.4, 0.5) is 4.39 Å². The van der Waals surface area contributed by atoms with E-state index in [1.54, 1.807) is 12.1 Å². The highest BCUT2D eigenvalue weighted by atomic mass is 19.1. The Labute approximate surface area is 112 Å². The Morgan fingerprint density at radius 3 is 2.37 bits per heavy atom. The van der Waals surface area contributed by atoms with Crippen molar-refractivity contribution in [2.75, 3.05) is 6.61 Å². The molecule has 2 aromatic rings. The van der Waals surface area contributed by atoms with E-state index in [1.807, 2.05) is 30.3 Å². The maximum absolute atomic E-state index is 12.9. The summed E-state index contributed by atoms with van der Waals surface area (Å²) in [6, 6.07) is 15.9. The monoisotopic (exact) mass is 260 g/mol. The zero-order valence-electron chi connectivity index (χ0n) is 10.6. The third-order valence-corrected chi connectivity index (χ3v) is 2.89. The molecule has 0 spiro atoms. The lowest BCUT2D eigenvalue weighted by atomic mass is 10.1. The minimum Gasteiger partial charge on any atom is -0.494 e. The van der Waals surface area contributed by atoms with Gasteiger partial charge in [-0.05, 0) is 29.8 Å². The SMILES string of the molecule is NNC(CCOc1ccccc1)c1ccc(F)cc1. The number of ether oxygens (including phenoxy) is 1. The summed E-state index contributed by atoms with van der Waals surface area (Å²) in [6.07, 6.45) is 0.705. The smallest absolute Gasteiger partial charge is 0.123 e. The highest BCUT2D eigenvalue weighted by Crippen LogP contribution is 2.17. The second kappa shape index (κ2) is 6.87. The van der Waals surface area contributed by atoms with Gasteiger partial charge in [-0.2, -0.15) is 0 Å². The molecule has 0 aliphatic heterocycles. The molecule has 2 rings (SSSR count). The predicted molar refractivity (Wildman–Crippen MR) is 73.0 cm³/mol. The molecule has 0 fully saturated rings. The molecule has 19 heavy (non-hydrogen) atoms. The van der Waals surface area contributed by atoms with Gasteiger partial charge in [0.2, 0.25) is 0 Å². The number of hydrazine groups is 1. The molecule has 0 heterocycles. The van der Waals surface area contributed by atoms with E-state index in [2.05, 4.69) is 5.43 Å². The molecule has 0 radical (unpaired) electrons. The Morgan fingerprint density at radius 1 is 1.05 bits per heavy atom. The lowest BCUT2D eigenvalue weighted by Crippen LogP contribution is -2.29. The van der Waals surface area contributed by atoms with Crippen molar-refractivity contribution in [3.05, 3.63) is 66.0 Å². The van der Waals surface area contributed by atoms with Crippen LogP contribution in [0, 0.1) is 5.82 Å². The van der Waals surface area contributed by atoms with E-state index < -0.39 is 0 Å². The maximum atomic E-state index is 12.9. The van der Waals surface area contributed by atoms with E-state index in [-0.39, 0.29) is 11.9 Å². The highest BCUT2D eigenvalue weighted by molar-refractivity contribution is 5.21. The molecule has 0 aliphatic carbocycles. The molecular formula is C15H17FN2O. The molecule has 3 N–H and O–H groups in total. The van der Waals surface area contributed by atoms with Crippen LogP contribution in [-0.2, 0) is 0 Å². The third-order valence-electron chi connectivity index (χ3n) is 2.89. The van der Waals surface area contributed by atoms with E-state index in [0.717, 1.165) is 11.3 Å². The lowest BCUT2D eigenvalue weighted by molar-refractivity contribution is 0.287. The van der Waals surface area contributed by atoms with Gasteiger partial charge in [0.1, 0.15) is 11.6 Å². The topological polar surface area (TPSA) is 47.3 Å². The average Bonchev–Trinajstić information content (AvgIpc) is 2.46. The second-order valence-electron chi connectivity index (χ2n) is 4.22. The molecule has 0 aliphatic rings. The van der Waals surface area contributed by atoms with Crippen molar-refractivity contribution in [3.8, 4) is 5.75 Å². The predicted octanol–water partition coefficient (Wildman–Crippen LogP) is 2.80. The molecule has 0 saturated carbocycles. The minimum atomic E-state index is -0.250. The van der Waals surface area contributed by atoms with Crippen LogP contribution in [0.2, 0.25) is 0 Å². The van der Waals surface area contributed by atoms with Crippen molar-refractivity contribution in [2.24, 2.45) is 5.84 Å². The minimum absolute atomic E-state index is 0.0516. The van der Waals surface area contributed by atoms with Crippen LogP contribution in [0.3, 0.4) is 0 Å². The zero-order valence-corrected chi connectivity index (χ0v) is 10.6. The van der Waals surface area contributed by atoms with Crippen LogP contribution in [0.5, 0.6) is 5.75 Å². The van der Waals surface area contributed by atoms with E-state index >= 15 is 0 Å². The molecule has 1 atom stereocenters. The largest absolute Gasteiger partial charge is 0.494 e. The summed E-state index contributed by atoms with van der Waals surface area (Å²) >= 11 is 0. The highest BCUT2D eigenvalue weighted by Gasteiger charge is 2.09. The zero-order chi connectivity index (χ0) is 13.5. The number of halogens is 1. The van der Waals surface area contributed by atoms with Gasteiger partial charge in [-0.1, -0.05) is 30.3 Å². The van der Waals surface area contributed by atoms with Crippen molar-refractivity contribution < 1.29 is 9.13 Å². The summed E-state index contributed by atoms with van der Waals surface area (Å²) in [7, 11) is 0. The number of rotatable bonds is 6. The van der Waals surface area contributed by atoms with Crippen molar-refractivity contribution >= 4 is 0 Å². The van der Waals surface area contributed by atoms with E-state index in [0.29, 0.717) is 13.0 Å². The number of hydrogen-bond acceptors (Lipinski definition) is 3. The van der Waals surface area contributed by atoms with Gasteiger partial charge in [-0.15, -0.1) is 0 Å². The Hall–Kier alpha value is -1.91. The van der Waals surface area contributed by atoms with Gasteiger partial charge >= 0.3 is 0 Å². The van der Waals surface area contributed by atoms with Crippen molar-refractivity contribution in [2.45, 2.75) is 12.5 Å². The van der Waals surface area contributed by atoms with Crippen LogP contribution in [0.1, 0.15) is 18.0 Å². The first-order valence-corrected chi connectivity index (χ1v) is 6.19. The molecule has 0 bridgehead atoms. The summed E-state index contributed by atoms with van der Waals surface area (Å²) in [5, 5.41) is 0. The van der Waals surface area contributed by atoms with Gasteiger partial charge in [0.05, 0.1) is 6.61 Å². The van der Waals surface area contributed by atoms with E-state index in [9.17, 15) is 4.39 Å². The van der Waals surface area contributed by atoms with Crippen LogP contribution in [-0.4, -0.2) is 6.61 Å². The number of nitrogens with two attached hydrogens (primary N) is 1. The number of hydrogen-bond donors (Lipinski definition) is 2. The summed E-state index contributed by atoms with van der Waals surface area (Å²) < 4.78 is 18.5. The van der Waals surface area contributed by atoms with Gasteiger partial charge in [-0.25, -0.2) is 4.39 Å². The lowest BCUT2D eigenvalue weighted by Gasteiger charge is -2.16. The van der Waals surface area contributed by atoms with Crippen molar-refractivity contribution in [1.82, 2.24) is 5.43 Å². The third kappa shape index (κ3) is 4.05. The van der Waals surface area contributed by atoms with Crippen molar-refractivity contribution in [1.29, 1.82) is 0 Å². The number of nitrogens with one attached hydrogen (secondary N) is 1. The standard InChI is InChI=1S/C15H17FN2O/c16-13-8-6-12(7-9-13)15(18-17)10-11-19-14-4-2-1-3-5-14/h1-9,15,18H,10-11,17H2. The van der Waals surface area contributed by atoms with Gasteiger partial charge in [-0.3, -0.25) is 11.3 Å². The van der Waals surface area contributed by atoms with Gasteiger partial charge in [0.25, 0.3) is 0 Å². The average molecular weight is 260 g/mol. The van der Waals surface area contributed by atoms with E-state index in [4.69, 9.17) is 10.6 Å².